The van der Waals surface area contributed by atoms with E-state index in [1.165, 1.54) is 0 Å². The first-order valence-electron chi connectivity index (χ1n) is 4.37. The molecule has 0 unspecified atom stereocenters. The van der Waals surface area contributed by atoms with Crippen molar-refractivity contribution in [2.75, 3.05) is 19.9 Å². The molecule has 0 aromatic carbocycles. The lowest BCUT2D eigenvalue weighted by atomic mass is 9.53. The number of halogens is 1. The fourth-order valence-electron chi connectivity index (χ4n) is 2.44. The van der Waals surface area contributed by atoms with Gasteiger partial charge < -0.3 is 10.2 Å². The van der Waals surface area contributed by atoms with Gasteiger partial charge >= 0.3 is 0 Å². The van der Waals surface area contributed by atoms with Crippen LogP contribution in [0.5, 0.6) is 0 Å². The maximum atomic E-state index is 12.0. The maximum Gasteiger partial charge on any atom is 0.0899 e. The van der Waals surface area contributed by atoms with Gasteiger partial charge in [0.1, 0.15) is 0 Å². The van der Waals surface area contributed by atoms with Gasteiger partial charge in [-0.05, 0) is 24.7 Å². The Bertz CT molecular complexity index is 147. The van der Waals surface area contributed by atoms with Crippen molar-refractivity contribution in [1.29, 1.82) is 0 Å². The molecule has 72 valence electrons. The molecule has 1 aliphatic carbocycles. The quantitative estimate of drug-likeness (QED) is 0.673. The van der Waals surface area contributed by atoms with Gasteiger partial charge in [0.2, 0.25) is 0 Å². The van der Waals surface area contributed by atoms with Crippen molar-refractivity contribution >= 4 is 0 Å². The number of aliphatic hydroxyl groups is 2. The molecule has 1 rings (SSSR count). The Kier molecular flexibility index (Phi) is 2.74. The van der Waals surface area contributed by atoms with Crippen LogP contribution in [-0.2, 0) is 0 Å². The first-order chi connectivity index (χ1) is 5.60. The molecular formula is C9H17FO2. The van der Waals surface area contributed by atoms with Crippen molar-refractivity contribution in [3.05, 3.63) is 0 Å². The van der Waals surface area contributed by atoms with Gasteiger partial charge in [0.05, 0.1) is 19.9 Å². The molecule has 0 aliphatic heterocycles. The predicted molar refractivity (Wildman–Crippen MR) is 44.5 cm³/mol. The van der Waals surface area contributed by atoms with Gasteiger partial charge in [-0.25, -0.2) is 0 Å². The number of alkyl halides is 1. The maximum absolute atomic E-state index is 12.0. The minimum atomic E-state index is -0.316. The second kappa shape index (κ2) is 3.30. The van der Waals surface area contributed by atoms with Crippen LogP contribution in [0.3, 0.4) is 0 Å². The Hall–Kier alpha value is -0.150. The molecule has 1 saturated carbocycles. The highest BCUT2D eigenvalue weighted by atomic mass is 19.1. The first kappa shape index (κ1) is 9.93. The zero-order chi connectivity index (χ0) is 9.24. The van der Waals surface area contributed by atoms with Crippen molar-refractivity contribution in [1.82, 2.24) is 0 Å². The summed E-state index contributed by atoms with van der Waals surface area (Å²) in [6.45, 7) is 1.75. The molecule has 2 nitrogen and oxygen atoms in total. The molecule has 12 heavy (non-hydrogen) atoms. The van der Waals surface area contributed by atoms with Crippen molar-refractivity contribution in [2.45, 2.75) is 26.2 Å². The zero-order valence-electron chi connectivity index (χ0n) is 7.52. The highest BCUT2D eigenvalue weighted by Crippen LogP contribution is 2.55. The number of hydrogen-bond acceptors (Lipinski definition) is 2. The first-order valence-corrected chi connectivity index (χ1v) is 4.37. The van der Waals surface area contributed by atoms with Crippen molar-refractivity contribution < 1.29 is 14.6 Å². The Morgan fingerprint density at radius 2 is 1.75 bits per heavy atom. The minimum Gasteiger partial charge on any atom is -0.396 e. The molecule has 0 amide bonds. The molecule has 0 bridgehead atoms. The fraction of sp³-hybridized carbons (Fsp3) is 1.00. The van der Waals surface area contributed by atoms with E-state index in [2.05, 4.69) is 0 Å². The van der Waals surface area contributed by atoms with Crippen LogP contribution in [0, 0.1) is 10.8 Å². The van der Waals surface area contributed by atoms with Gasteiger partial charge in [-0.3, -0.25) is 4.39 Å². The van der Waals surface area contributed by atoms with Crippen LogP contribution in [-0.4, -0.2) is 30.1 Å². The average molecular weight is 176 g/mol. The van der Waals surface area contributed by atoms with Crippen molar-refractivity contribution in [2.24, 2.45) is 10.8 Å². The summed E-state index contributed by atoms with van der Waals surface area (Å²) in [4.78, 5) is 0. The molecule has 1 fully saturated rings. The molecule has 0 aromatic heterocycles. The summed E-state index contributed by atoms with van der Waals surface area (Å²) >= 11 is 0. The lowest BCUT2D eigenvalue weighted by Crippen LogP contribution is -2.49. The molecular weight excluding hydrogens is 159 g/mol. The predicted octanol–water partition coefficient (Wildman–Crippen LogP) is 1.12. The van der Waals surface area contributed by atoms with Crippen LogP contribution in [0.15, 0.2) is 0 Å². The van der Waals surface area contributed by atoms with Crippen LogP contribution in [0.4, 0.5) is 4.39 Å². The number of hydrogen-bond donors (Lipinski definition) is 2. The molecule has 3 heteroatoms. The molecule has 0 atom stereocenters. The second-order valence-electron chi connectivity index (χ2n) is 4.42. The van der Waals surface area contributed by atoms with E-state index in [1.54, 1.807) is 0 Å². The Morgan fingerprint density at radius 1 is 1.25 bits per heavy atom. The standard InChI is InChI=1S/C9H17FO2/c1-8(2-3-10)4-9(5-8,6-11)7-12/h11-12H,2-7H2,1H3. The summed E-state index contributed by atoms with van der Waals surface area (Å²) in [5, 5.41) is 18.0. The Morgan fingerprint density at radius 3 is 2.08 bits per heavy atom. The summed E-state index contributed by atoms with van der Waals surface area (Å²) in [5.74, 6) is 0. The molecule has 0 spiro atoms. The van der Waals surface area contributed by atoms with Crippen LogP contribution in [0.1, 0.15) is 26.2 Å². The third-order valence-corrected chi connectivity index (χ3v) is 2.97. The van der Waals surface area contributed by atoms with Gasteiger partial charge in [-0.2, -0.15) is 0 Å². The SMILES string of the molecule is CC1(CCF)CC(CO)(CO)C1. The van der Waals surface area contributed by atoms with Crippen LogP contribution in [0.2, 0.25) is 0 Å². The Balaban J connectivity index is 2.42. The lowest BCUT2D eigenvalue weighted by Gasteiger charge is -2.53. The van der Waals surface area contributed by atoms with Gasteiger partial charge in [-0.15, -0.1) is 0 Å². The molecule has 1 aliphatic rings. The van der Waals surface area contributed by atoms with E-state index in [0.29, 0.717) is 6.42 Å². The van der Waals surface area contributed by atoms with E-state index in [-0.39, 0.29) is 30.7 Å². The van der Waals surface area contributed by atoms with Crippen LogP contribution in [0.25, 0.3) is 0 Å². The fourth-order valence-corrected chi connectivity index (χ4v) is 2.44. The molecule has 2 N–H and O–H groups in total. The van der Waals surface area contributed by atoms with E-state index >= 15 is 0 Å². The summed E-state index contributed by atoms with van der Waals surface area (Å²) in [7, 11) is 0. The normalized spacial score (nSPS) is 25.0. The highest BCUT2D eigenvalue weighted by molar-refractivity contribution is 5.00. The molecule has 0 aromatic rings. The molecule has 0 radical (unpaired) electrons. The molecule has 0 heterocycles. The van der Waals surface area contributed by atoms with Gasteiger partial charge in [0.25, 0.3) is 0 Å². The minimum absolute atomic E-state index is 0.0141. The van der Waals surface area contributed by atoms with E-state index in [9.17, 15) is 4.39 Å². The Labute approximate surface area is 72.4 Å². The average Bonchev–Trinajstić information content (AvgIpc) is 2.00. The van der Waals surface area contributed by atoms with Gasteiger partial charge in [0, 0.05) is 5.41 Å². The number of rotatable bonds is 4. The van der Waals surface area contributed by atoms with Gasteiger partial charge in [0.15, 0.2) is 0 Å². The van der Waals surface area contributed by atoms with Crippen molar-refractivity contribution in [3.8, 4) is 0 Å². The topological polar surface area (TPSA) is 40.5 Å². The smallest absolute Gasteiger partial charge is 0.0899 e. The van der Waals surface area contributed by atoms with E-state index in [1.807, 2.05) is 6.92 Å². The zero-order valence-corrected chi connectivity index (χ0v) is 7.52. The van der Waals surface area contributed by atoms with E-state index in [4.69, 9.17) is 10.2 Å². The van der Waals surface area contributed by atoms with E-state index < -0.39 is 0 Å². The third-order valence-electron chi connectivity index (χ3n) is 2.97. The summed E-state index contributed by atoms with van der Waals surface area (Å²) in [6, 6.07) is 0. The summed E-state index contributed by atoms with van der Waals surface area (Å²) in [5.41, 5.74) is -0.301. The van der Waals surface area contributed by atoms with Crippen LogP contribution < -0.4 is 0 Å². The second-order valence-corrected chi connectivity index (χ2v) is 4.42. The molecule has 0 saturated heterocycles. The van der Waals surface area contributed by atoms with E-state index in [0.717, 1.165) is 12.8 Å². The van der Waals surface area contributed by atoms with Gasteiger partial charge in [-0.1, -0.05) is 6.92 Å². The van der Waals surface area contributed by atoms with Crippen molar-refractivity contribution in [3.63, 3.8) is 0 Å². The summed E-state index contributed by atoms with van der Waals surface area (Å²) < 4.78 is 12.0. The number of aliphatic hydroxyl groups excluding tert-OH is 2. The largest absolute Gasteiger partial charge is 0.396 e. The monoisotopic (exact) mass is 176 g/mol. The highest BCUT2D eigenvalue weighted by Gasteiger charge is 2.50. The summed E-state index contributed by atoms with van der Waals surface area (Å²) in [6.07, 6.45) is 2.04. The third kappa shape index (κ3) is 1.62. The van der Waals surface area contributed by atoms with Crippen LogP contribution >= 0.6 is 0 Å². The lowest BCUT2D eigenvalue weighted by molar-refractivity contribution is -0.102.